The van der Waals surface area contributed by atoms with E-state index < -0.39 is 5.60 Å². The second-order valence-electron chi connectivity index (χ2n) is 3.85. The Bertz CT molecular complexity index is 170. The lowest BCUT2D eigenvalue weighted by atomic mass is 9.83. The second kappa shape index (κ2) is 1.85. The number of fused-ring (bicyclic) bond motifs is 2. The van der Waals surface area contributed by atoms with Crippen LogP contribution in [-0.2, 0) is 0 Å². The quantitative estimate of drug-likeness (QED) is 0.505. The minimum atomic E-state index is -0.493. The zero-order valence-corrected chi connectivity index (χ0v) is 6.38. The van der Waals surface area contributed by atoms with E-state index in [0.29, 0.717) is 5.92 Å². The molecule has 2 aliphatic rings. The van der Waals surface area contributed by atoms with E-state index in [1.807, 2.05) is 13.0 Å². The SMILES string of the molecule is C[C@@]1(O)C=C[C@H]2CC[C@H]1C2. The molecule has 1 N–H and O–H groups in total. The van der Waals surface area contributed by atoms with Gasteiger partial charge >= 0.3 is 0 Å². The molecule has 0 amide bonds. The van der Waals surface area contributed by atoms with Crippen molar-refractivity contribution in [1.82, 2.24) is 0 Å². The van der Waals surface area contributed by atoms with Gasteiger partial charge < -0.3 is 5.11 Å². The monoisotopic (exact) mass is 138 g/mol. The topological polar surface area (TPSA) is 20.2 Å². The van der Waals surface area contributed by atoms with Crippen LogP contribution in [0.3, 0.4) is 0 Å². The number of aliphatic hydroxyl groups is 1. The molecule has 0 aromatic rings. The Hall–Kier alpha value is -0.300. The standard InChI is InChI=1S/C9H14O/c1-9(10)5-4-7-2-3-8(9)6-7/h4-5,7-8,10H,2-3,6H2,1H3/t7-,8+,9-/m1/s1. The number of allylic oxidation sites excluding steroid dienone is 1. The molecule has 2 rings (SSSR count). The first-order chi connectivity index (χ1) is 4.68. The lowest BCUT2D eigenvalue weighted by Crippen LogP contribution is -2.32. The third-order valence-corrected chi connectivity index (χ3v) is 3.01. The zero-order chi connectivity index (χ0) is 7.19. The summed E-state index contributed by atoms with van der Waals surface area (Å²) < 4.78 is 0. The van der Waals surface area contributed by atoms with Crippen molar-refractivity contribution in [3.05, 3.63) is 12.2 Å². The Morgan fingerprint density at radius 2 is 2.30 bits per heavy atom. The summed E-state index contributed by atoms with van der Waals surface area (Å²) in [6, 6.07) is 0. The molecule has 1 saturated carbocycles. The van der Waals surface area contributed by atoms with Crippen molar-refractivity contribution in [2.75, 3.05) is 0 Å². The number of hydrogen-bond acceptors (Lipinski definition) is 1. The Kier molecular flexibility index (Phi) is 1.19. The summed E-state index contributed by atoms with van der Waals surface area (Å²) in [6.07, 6.45) is 7.88. The van der Waals surface area contributed by atoms with Gasteiger partial charge in [0.1, 0.15) is 0 Å². The molecule has 0 radical (unpaired) electrons. The molecule has 56 valence electrons. The van der Waals surface area contributed by atoms with Gasteiger partial charge in [-0.25, -0.2) is 0 Å². The molecule has 2 aliphatic carbocycles. The molecule has 0 aromatic heterocycles. The Morgan fingerprint density at radius 1 is 1.50 bits per heavy atom. The highest BCUT2D eigenvalue weighted by Gasteiger charge is 2.38. The average molecular weight is 138 g/mol. The van der Waals surface area contributed by atoms with Crippen LogP contribution in [0.1, 0.15) is 26.2 Å². The fourth-order valence-corrected chi connectivity index (χ4v) is 2.19. The first-order valence-corrected chi connectivity index (χ1v) is 4.10. The highest BCUT2D eigenvalue weighted by molar-refractivity contribution is 5.12. The summed E-state index contributed by atoms with van der Waals surface area (Å²) in [5.41, 5.74) is -0.493. The third kappa shape index (κ3) is 0.807. The molecular weight excluding hydrogens is 124 g/mol. The lowest BCUT2D eigenvalue weighted by molar-refractivity contribution is 0.0434. The molecule has 0 saturated heterocycles. The first-order valence-electron chi connectivity index (χ1n) is 4.10. The van der Waals surface area contributed by atoms with Crippen molar-refractivity contribution in [1.29, 1.82) is 0 Å². The van der Waals surface area contributed by atoms with Crippen LogP contribution in [0.25, 0.3) is 0 Å². The Labute approximate surface area is 61.8 Å². The van der Waals surface area contributed by atoms with Crippen LogP contribution in [0, 0.1) is 11.8 Å². The smallest absolute Gasteiger partial charge is 0.0827 e. The lowest BCUT2D eigenvalue weighted by Gasteiger charge is -2.29. The maximum absolute atomic E-state index is 9.77. The first kappa shape index (κ1) is 6.41. The van der Waals surface area contributed by atoms with Gasteiger partial charge in [0, 0.05) is 0 Å². The summed E-state index contributed by atoms with van der Waals surface area (Å²) in [4.78, 5) is 0. The molecule has 2 bridgehead atoms. The van der Waals surface area contributed by atoms with Gasteiger partial charge in [0.05, 0.1) is 5.60 Å². The summed E-state index contributed by atoms with van der Waals surface area (Å²) in [6.45, 7) is 1.93. The van der Waals surface area contributed by atoms with Crippen LogP contribution >= 0.6 is 0 Å². The normalized spacial score (nSPS) is 51.8. The molecule has 1 nitrogen and oxygen atoms in total. The Balaban J connectivity index is 2.27. The maximum atomic E-state index is 9.77. The molecule has 3 atom stereocenters. The van der Waals surface area contributed by atoms with Crippen molar-refractivity contribution in [2.24, 2.45) is 11.8 Å². The molecule has 0 heterocycles. The van der Waals surface area contributed by atoms with E-state index in [4.69, 9.17) is 0 Å². The van der Waals surface area contributed by atoms with Crippen LogP contribution in [0.15, 0.2) is 12.2 Å². The molecule has 0 unspecified atom stereocenters. The van der Waals surface area contributed by atoms with E-state index in [0.717, 1.165) is 5.92 Å². The molecule has 0 aliphatic heterocycles. The van der Waals surface area contributed by atoms with Crippen molar-refractivity contribution in [3.8, 4) is 0 Å². The minimum absolute atomic E-state index is 0.493. The molecule has 0 spiro atoms. The summed E-state index contributed by atoms with van der Waals surface area (Å²) in [5.74, 6) is 1.33. The summed E-state index contributed by atoms with van der Waals surface area (Å²) in [7, 11) is 0. The highest BCUT2D eigenvalue weighted by atomic mass is 16.3. The van der Waals surface area contributed by atoms with Crippen molar-refractivity contribution in [2.45, 2.75) is 31.8 Å². The largest absolute Gasteiger partial charge is 0.386 e. The number of hydrogen-bond donors (Lipinski definition) is 1. The fourth-order valence-electron chi connectivity index (χ4n) is 2.19. The predicted octanol–water partition coefficient (Wildman–Crippen LogP) is 1.72. The van der Waals surface area contributed by atoms with Crippen LogP contribution in [0.2, 0.25) is 0 Å². The van der Waals surface area contributed by atoms with Gasteiger partial charge in [0.15, 0.2) is 0 Å². The minimum Gasteiger partial charge on any atom is -0.386 e. The van der Waals surface area contributed by atoms with Crippen molar-refractivity contribution < 1.29 is 5.11 Å². The molecule has 0 aromatic carbocycles. The van der Waals surface area contributed by atoms with Gasteiger partial charge in [0.25, 0.3) is 0 Å². The van der Waals surface area contributed by atoms with Crippen LogP contribution in [0.5, 0.6) is 0 Å². The van der Waals surface area contributed by atoms with Crippen molar-refractivity contribution in [3.63, 3.8) is 0 Å². The van der Waals surface area contributed by atoms with E-state index in [2.05, 4.69) is 6.08 Å². The summed E-state index contributed by atoms with van der Waals surface area (Å²) in [5, 5.41) is 9.77. The predicted molar refractivity (Wildman–Crippen MR) is 40.6 cm³/mol. The second-order valence-corrected chi connectivity index (χ2v) is 3.85. The van der Waals surface area contributed by atoms with E-state index in [1.54, 1.807) is 0 Å². The molecule has 1 fully saturated rings. The van der Waals surface area contributed by atoms with Crippen LogP contribution < -0.4 is 0 Å². The fraction of sp³-hybridized carbons (Fsp3) is 0.778. The maximum Gasteiger partial charge on any atom is 0.0827 e. The molecular formula is C9H14O. The highest BCUT2D eigenvalue weighted by Crippen LogP contribution is 2.42. The third-order valence-electron chi connectivity index (χ3n) is 3.01. The Morgan fingerprint density at radius 3 is 3.00 bits per heavy atom. The van der Waals surface area contributed by atoms with Gasteiger partial charge in [-0.05, 0) is 38.0 Å². The van der Waals surface area contributed by atoms with Crippen LogP contribution in [-0.4, -0.2) is 10.7 Å². The van der Waals surface area contributed by atoms with Gasteiger partial charge in [-0.1, -0.05) is 12.2 Å². The number of rotatable bonds is 0. The van der Waals surface area contributed by atoms with E-state index >= 15 is 0 Å². The molecule has 1 heteroatoms. The van der Waals surface area contributed by atoms with Crippen LogP contribution in [0.4, 0.5) is 0 Å². The zero-order valence-electron chi connectivity index (χ0n) is 6.38. The van der Waals surface area contributed by atoms with Gasteiger partial charge in [-0.3, -0.25) is 0 Å². The van der Waals surface area contributed by atoms with E-state index in [-0.39, 0.29) is 0 Å². The molecule has 10 heavy (non-hydrogen) atoms. The van der Waals surface area contributed by atoms with Crippen molar-refractivity contribution >= 4 is 0 Å². The van der Waals surface area contributed by atoms with Gasteiger partial charge in [-0.15, -0.1) is 0 Å². The van der Waals surface area contributed by atoms with E-state index in [9.17, 15) is 5.11 Å². The van der Waals surface area contributed by atoms with Gasteiger partial charge in [-0.2, -0.15) is 0 Å². The summed E-state index contributed by atoms with van der Waals surface area (Å²) >= 11 is 0. The average Bonchev–Trinajstić information content (AvgIpc) is 2.26. The van der Waals surface area contributed by atoms with Gasteiger partial charge in [0.2, 0.25) is 0 Å². The van der Waals surface area contributed by atoms with E-state index in [1.165, 1.54) is 19.3 Å².